The summed E-state index contributed by atoms with van der Waals surface area (Å²) >= 11 is 3.52. The molecule has 7 heteroatoms. The molecule has 0 spiro atoms. The summed E-state index contributed by atoms with van der Waals surface area (Å²) in [6.07, 6.45) is 9.19. The van der Waals surface area contributed by atoms with E-state index in [0.29, 0.717) is 12.5 Å². The molecule has 2 heterocycles. The van der Waals surface area contributed by atoms with E-state index in [-0.39, 0.29) is 5.91 Å². The molecule has 0 aliphatic carbocycles. The highest BCUT2D eigenvalue weighted by Crippen LogP contribution is 2.29. The van der Waals surface area contributed by atoms with E-state index < -0.39 is 0 Å². The number of likely N-dealkylation sites (tertiary alicyclic amines) is 1. The molecule has 1 aromatic heterocycles. The first kappa shape index (κ1) is 23.1. The number of aromatic nitrogens is 2. The van der Waals surface area contributed by atoms with Gasteiger partial charge >= 0.3 is 0 Å². The molecule has 1 aliphatic heterocycles. The number of benzene rings is 2. The minimum Gasteiger partial charge on any atom is -0.497 e. The van der Waals surface area contributed by atoms with Crippen molar-refractivity contribution in [3.63, 3.8) is 0 Å². The molecule has 6 nitrogen and oxygen atoms in total. The van der Waals surface area contributed by atoms with Crippen LogP contribution in [0.1, 0.15) is 35.7 Å². The molecule has 33 heavy (non-hydrogen) atoms. The molecule has 1 aliphatic rings. The van der Waals surface area contributed by atoms with Crippen molar-refractivity contribution < 1.29 is 14.3 Å². The maximum Gasteiger partial charge on any atom is 0.246 e. The highest BCUT2D eigenvalue weighted by molar-refractivity contribution is 9.10. The monoisotopic (exact) mass is 509 g/mol. The Kier molecular flexibility index (Phi) is 7.50. The van der Waals surface area contributed by atoms with Crippen molar-refractivity contribution in [3.05, 3.63) is 82.4 Å². The molecule has 0 N–H and O–H groups in total. The molecule has 0 radical (unpaired) electrons. The molecule has 0 atom stereocenters. The van der Waals surface area contributed by atoms with E-state index in [1.165, 1.54) is 0 Å². The molecule has 1 saturated heterocycles. The molecule has 2 aromatic carbocycles. The first-order valence-electron chi connectivity index (χ1n) is 11.0. The summed E-state index contributed by atoms with van der Waals surface area (Å²) in [6, 6.07) is 13.8. The molecule has 172 valence electrons. The quantitative estimate of drug-likeness (QED) is 0.414. The molecule has 3 aromatic rings. The molecule has 0 unspecified atom stereocenters. The topological polar surface area (TPSA) is 56.6 Å². The summed E-state index contributed by atoms with van der Waals surface area (Å²) < 4.78 is 14.0. The zero-order valence-electron chi connectivity index (χ0n) is 18.9. The average Bonchev–Trinajstić information content (AvgIpc) is 3.31. The van der Waals surface area contributed by atoms with Gasteiger partial charge in [0.05, 0.1) is 14.2 Å². The van der Waals surface area contributed by atoms with Crippen molar-refractivity contribution in [1.29, 1.82) is 0 Å². The van der Waals surface area contributed by atoms with Crippen molar-refractivity contribution >= 4 is 27.9 Å². The van der Waals surface area contributed by atoms with Crippen LogP contribution in [0.25, 0.3) is 6.08 Å². The van der Waals surface area contributed by atoms with Gasteiger partial charge < -0.3 is 18.9 Å². The predicted molar refractivity (Wildman–Crippen MR) is 133 cm³/mol. The number of piperidine rings is 1. The van der Waals surface area contributed by atoms with Crippen LogP contribution in [-0.4, -0.2) is 47.7 Å². The Labute approximate surface area is 203 Å². The average molecular weight is 510 g/mol. The number of rotatable bonds is 7. The maximum atomic E-state index is 12.7. The molecule has 4 rings (SSSR count). The summed E-state index contributed by atoms with van der Waals surface area (Å²) in [4.78, 5) is 19.3. The fourth-order valence-corrected chi connectivity index (χ4v) is 4.62. The van der Waals surface area contributed by atoms with E-state index in [1.807, 2.05) is 65.8 Å². The first-order valence-corrected chi connectivity index (χ1v) is 11.8. The summed E-state index contributed by atoms with van der Waals surface area (Å²) in [5, 5.41) is 0. The van der Waals surface area contributed by atoms with Gasteiger partial charge in [-0.15, -0.1) is 0 Å². The number of methoxy groups -OCH3 is 2. The second-order valence-electron chi connectivity index (χ2n) is 8.09. The van der Waals surface area contributed by atoms with Gasteiger partial charge in [0.15, 0.2) is 0 Å². The van der Waals surface area contributed by atoms with Crippen LogP contribution in [0.15, 0.2) is 65.4 Å². The van der Waals surface area contributed by atoms with Crippen molar-refractivity contribution in [2.75, 3.05) is 27.3 Å². The van der Waals surface area contributed by atoms with Crippen molar-refractivity contribution in [2.45, 2.75) is 25.3 Å². The number of halogens is 1. The van der Waals surface area contributed by atoms with Gasteiger partial charge in [-0.05, 0) is 48.2 Å². The number of hydrogen-bond acceptors (Lipinski definition) is 4. The summed E-state index contributed by atoms with van der Waals surface area (Å²) in [5.74, 6) is 2.98. The van der Waals surface area contributed by atoms with Crippen LogP contribution in [-0.2, 0) is 11.3 Å². The predicted octanol–water partition coefficient (Wildman–Crippen LogP) is 5.13. The van der Waals surface area contributed by atoms with E-state index in [4.69, 9.17) is 9.47 Å². The lowest BCUT2D eigenvalue weighted by Crippen LogP contribution is -2.37. The lowest BCUT2D eigenvalue weighted by molar-refractivity contribution is -0.127. The highest BCUT2D eigenvalue weighted by Gasteiger charge is 2.25. The Balaban J connectivity index is 1.39. The summed E-state index contributed by atoms with van der Waals surface area (Å²) in [6.45, 7) is 2.14. The van der Waals surface area contributed by atoms with Gasteiger partial charge in [-0.2, -0.15) is 0 Å². The maximum absolute atomic E-state index is 12.7. The van der Waals surface area contributed by atoms with Gasteiger partial charge in [-0.3, -0.25) is 4.79 Å². The molecule has 1 fully saturated rings. The fraction of sp³-hybridized carbons (Fsp3) is 0.308. The van der Waals surface area contributed by atoms with Gasteiger partial charge in [0.2, 0.25) is 5.91 Å². The van der Waals surface area contributed by atoms with E-state index in [2.05, 4.69) is 25.5 Å². The fourth-order valence-electron chi connectivity index (χ4n) is 4.20. The Morgan fingerprint density at radius 1 is 1.12 bits per heavy atom. The third-order valence-electron chi connectivity index (χ3n) is 5.99. The Bertz CT molecular complexity index is 1110. The van der Waals surface area contributed by atoms with Crippen LogP contribution in [0.3, 0.4) is 0 Å². The van der Waals surface area contributed by atoms with Gasteiger partial charge in [-0.25, -0.2) is 4.98 Å². The van der Waals surface area contributed by atoms with Gasteiger partial charge in [0.25, 0.3) is 0 Å². The minimum absolute atomic E-state index is 0.0519. The number of amides is 1. The second-order valence-corrected chi connectivity index (χ2v) is 8.94. The van der Waals surface area contributed by atoms with Crippen molar-refractivity contribution in [1.82, 2.24) is 14.5 Å². The molecule has 1 amide bonds. The number of hydrogen-bond donors (Lipinski definition) is 0. The number of ether oxygens (including phenoxy) is 2. The third kappa shape index (κ3) is 5.66. The standard InChI is InChI=1S/C26H28BrN3O3/c1-32-22-15-19(16-23(17-22)33-2)18-30-14-11-28-26(30)21-9-12-29(13-10-21)25(31)8-7-20-5-3-4-6-24(20)27/h3-8,11,14-17,21H,9-10,12-13,18H2,1-2H3. The van der Waals surface area contributed by atoms with Gasteiger partial charge in [-0.1, -0.05) is 34.1 Å². The molecule has 0 saturated carbocycles. The van der Waals surface area contributed by atoms with Gasteiger partial charge in [0.1, 0.15) is 17.3 Å². The van der Waals surface area contributed by atoms with Crippen LogP contribution >= 0.6 is 15.9 Å². The number of carbonyl (C=O) groups is 1. The van der Waals surface area contributed by atoms with Crippen LogP contribution < -0.4 is 9.47 Å². The first-order chi connectivity index (χ1) is 16.1. The van der Waals surface area contributed by atoms with E-state index in [9.17, 15) is 4.79 Å². The third-order valence-corrected chi connectivity index (χ3v) is 6.72. The SMILES string of the molecule is COc1cc(Cn2ccnc2C2CCN(C(=O)C=Cc3ccccc3Br)CC2)cc(OC)c1. The number of nitrogens with zero attached hydrogens (tertiary/aromatic N) is 3. The van der Waals surface area contributed by atoms with E-state index in [0.717, 1.165) is 58.9 Å². The normalized spacial score (nSPS) is 14.6. The van der Waals surface area contributed by atoms with Crippen LogP contribution in [0.5, 0.6) is 11.5 Å². The zero-order valence-corrected chi connectivity index (χ0v) is 20.5. The van der Waals surface area contributed by atoms with E-state index in [1.54, 1.807) is 20.3 Å². The van der Waals surface area contributed by atoms with Crippen LogP contribution in [0.2, 0.25) is 0 Å². The lowest BCUT2D eigenvalue weighted by atomic mass is 9.95. The highest BCUT2D eigenvalue weighted by atomic mass is 79.9. The van der Waals surface area contributed by atoms with Crippen LogP contribution in [0, 0.1) is 0 Å². The Hall–Kier alpha value is -3.06. The second kappa shape index (κ2) is 10.7. The number of carbonyl (C=O) groups excluding carboxylic acids is 1. The minimum atomic E-state index is 0.0519. The molecular weight excluding hydrogens is 482 g/mol. The van der Waals surface area contributed by atoms with Gasteiger partial charge in [0, 0.05) is 54.6 Å². The summed E-state index contributed by atoms with van der Waals surface area (Å²) in [5.41, 5.74) is 2.09. The number of imidazole rings is 1. The largest absolute Gasteiger partial charge is 0.497 e. The molecule has 0 bridgehead atoms. The smallest absolute Gasteiger partial charge is 0.246 e. The Morgan fingerprint density at radius 2 is 1.82 bits per heavy atom. The lowest BCUT2D eigenvalue weighted by Gasteiger charge is -2.31. The van der Waals surface area contributed by atoms with E-state index >= 15 is 0 Å². The van der Waals surface area contributed by atoms with Crippen molar-refractivity contribution in [3.8, 4) is 11.5 Å². The summed E-state index contributed by atoms with van der Waals surface area (Å²) in [7, 11) is 3.31. The molecular formula is C26H28BrN3O3. The zero-order chi connectivity index (χ0) is 23.2. The van der Waals surface area contributed by atoms with Crippen LogP contribution in [0.4, 0.5) is 0 Å². The van der Waals surface area contributed by atoms with Crippen molar-refractivity contribution in [2.24, 2.45) is 0 Å². The Morgan fingerprint density at radius 3 is 2.48 bits per heavy atom.